The van der Waals surface area contributed by atoms with E-state index < -0.39 is 0 Å². The molecule has 0 radical (unpaired) electrons. The van der Waals surface area contributed by atoms with Gasteiger partial charge in [0.1, 0.15) is 0 Å². The first-order chi connectivity index (χ1) is 15.0. The Labute approximate surface area is 179 Å². The molecule has 1 unspecified atom stereocenters. The molecule has 0 fully saturated rings. The first-order valence-corrected chi connectivity index (χ1v) is 10.5. The fraction of sp³-hybridized carbons (Fsp3) is 0.192. The molecule has 3 amide bonds. The van der Waals surface area contributed by atoms with Gasteiger partial charge in [-0.1, -0.05) is 48.5 Å². The number of hydrogen-bond donors (Lipinski definition) is 1. The SMILES string of the molecule is CN1C(=O)c2ccc(NC(=O)C3CC4c5ccccc5C3c3ccccc34)cc2C1=O. The fourth-order valence-corrected chi connectivity index (χ4v) is 5.57. The fourth-order valence-electron chi connectivity index (χ4n) is 5.57. The predicted molar refractivity (Wildman–Crippen MR) is 116 cm³/mol. The number of carbonyl (C=O) groups excluding carboxylic acids is 3. The van der Waals surface area contributed by atoms with Crippen molar-refractivity contribution in [2.75, 3.05) is 12.4 Å². The number of amides is 3. The Morgan fingerprint density at radius 3 is 2.06 bits per heavy atom. The zero-order valence-corrected chi connectivity index (χ0v) is 17.0. The van der Waals surface area contributed by atoms with Crippen LogP contribution in [0, 0.1) is 5.92 Å². The van der Waals surface area contributed by atoms with Crippen molar-refractivity contribution in [3.63, 3.8) is 0 Å². The largest absolute Gasteiger partial charge is 0.326 e. The monoisotopic (exact) mass is 408 g/mol. The van der Waals surface area contributed by atoms with Crippen LogP contribution >= 0.6 is 0 Å². The van der Waals surface area contributed by atoms with Crippen LogP contribution < -0.4 is 5.32 Å². The highest BCUT2D eigenvalue weighted by Crippen LogP contribution is 2.55. The van der Waals surface area contributed by atoms with E-state index in [0.29, 0.717) is 16.8 Å². The minimum Gasteiger partial charge on any atom is -0.326 e. The average Bonchev–Trinajstić information content (AvgIpc) is 3.02. The highest BCUT2D eigenvalue weighted by molar-refractivity contribution is 6.21. The van der Waals surface area contributed by atoms with Crippen LogP contribution in [0.1, 0.15) is 61.2 Å². The van der Waals surface area contributed by atoms with Crippen molar-refractivity contribution in [1.29, 1.82) is 0 Å². The maximum absolute atomic E-state index is 13.4. The van der Waals surface area contributed by atoms with Crippen LogP contribution in [0.15, 0.2) is 66.7 Å². The number of carbonyl (C=O) groups is 3. The second kappa shape index (κ2) is 6.38. The molecule has 5 nitrogen and oxygen atoms in total. The third-order valence-corrected chi connectivity index (χ3v) is 7.00. The van der Waals surface area contributed by atoms with Gasteiger partial charge in [0.2, 0.25) is 5.91 Å². The van der Waals surface area contributed by atoms with Crippen LogP contribution in [-0.2, 0) is 4.79 Å². The lowest BCUT2D eigenvalue weighted by atomic mass is 9.59. The maximum atomic E-state index is 13.4. The smallest absolute Gasteiger partial charge is 0.261 e. The molecule has 152 valence electrons. The molecule has 2 bridgehead atoms. The van der Waals surface area contributed by atoms with E-state index >= 15 is 0 Å². The van der Waals surface area contributed by atoms with Gasteiger partial charge in [0.15, 0.2) is 0 Å². The van der Waals surface area contributed by atoms with Crippen LogP contribution in [-0.4, -0.2) is 29.7 Å². The van der Waals surface area contributed by atoms with Gasteiger partial charge in [-0.15, -0.1) is 0 Å². The van der Waals surface area contributed by atoms with Crippen molar-refractivity contribution in [2.24, 2.45) is 5.92 Å². The lowest BCUT2D eigenvalue weighted by Gasteiger charge is -2.44. The van der Waals surface area contributed by atoms with Gasteiger partial charge in [-0.25, -0.2) is 0 Å². The highest BCUT2D eigenvalue weighted by atomic mass is 16.2. The molecule has 0 saturated heterocycles. The molecule has 0 aromatic heterocycles. The first-order valence-electron chi connectivity index (χ1n) is 10.5. The van der Waals surface area contributed by atoms with Crippen molar-refractivity contribution < 1.29 is 14.4 Å². The van der Waals surface area contributed by atoms with Crippen LogP contribution in [0.3, 0.4) is 0 Å². The van der Waals surface area contributed by atoms with Gasteiger partial charge < -0.3 is 5.32 Å². The van der Waals surface area contributed by atoms with Gasteiger partial charge in [-0.05, 0) is 46.9 Å². The summed E-state index contributed by atoms with van der Waals surface area (Å²) in [6.45, 7) is 0. The number of anilines is 1. The van der Waals surface area contributed by atoms with Crippen LogP contribution in [0.25, 0.3) is 0 Å². The summed E-state index contributed by atoms with van der Waals surface area (Å²) in [5.74, 6) is -0.666. The van der Waals surface area contributed by atoms with Gasteiger partial charge in [0.25, 0.3) is 11.8 Å². The third kappa shape index (κ3) is 2.46. The number of rotatable bonds is 2. The van der Waals surface area contributed by atoms with Crippen molar-refractivity contribution in [1.82, 2.24) is 4.90 Å². The van der Waals surface area contributed by atoms with Gasteiger partial charge in [-0.2, -0.15) is 0 Å². The molecular formula is C26H20N2O3. The highest BCUT2D eigenvalue weighted by Gasteiger charge is 2.46. The zero-order chi connectivity index (χ0) is 21.3. The quantitative estimate of drug-likeness (QED) is 0.648. The van der Waals surface area contributed by atoms with Crippen molar-refractivity contribution in [3.8, 4) is 0 Å². The molecule has 3 aromatic rings. The number of imide groups is 1. The summed E-state index contributed by atoms with van der Waals surface area (Å²) in [7, 11) is 1.47. The lowest BCUT2D eigenvalue weighted by molar-refractivity contribution is -0.121. The third-order valence-electron chi connectivity index (χ3n) is 7.00. The number of fused-ring (bicyclic) bond motifs is 2. The summed E-state index contributed by atoms with van der Waals surface area (Å²) in [5.41, 5.74) is 6.36. The van der Waals surface area contributed by atoms with Crippen LogP contribution in [0.4, 0.5) is 5.69 Å². The second-order valence-corrected chi connectivity index (χ2v) is 8.55. The van der Waals surface area contributed by atoms with Crippen molar-refractivity contribution in [2.45, 2.75) is 18.3 Å². The molecule has 1 aliphatic heterocycles. The summed E-state index contributed by atoms with van der Waals surface area (Å²) in [4.78, 5) is 39.0. The van der Waals surface area contributed by atoms with Gasteiger partial charge >= 0.3 is 0 Å². The van der Waals surface area contributed by atoms with E-state index in [4.69, 9.17) is 0 Å². The summed E-state index contributed by atoms with van der Waals surface area (Å²) in [5, 5.41) is 3.02. The molecule has 31 heavy (non-hydrogen) atoms. The molecule has 1 N–H and O–H groups in total. The molecular weight excluding hydrogens is 388 g/mol. The Kier molecular flexibility index (Phi) is 3.72. The minimum absolute atomic E-state index is 0.0150. The first kappa shape index (κ1) is 18.1. The molecule has 7 rings (SSSR count). The zero-order valence-electron chi connectivity index (χ0n) is 17.0. The number of benzene rings is 3. The molecule has 0 spiro atoms. The van der Waals surface area contributed by atoms with Crippen LogP contribution in [0.5, 0.6) is 0 Å². The average molecular weight is 408 g/mol. The lowest BCUT2D eigenvalue weighted by Crippen LogP contribution is -2.38. The molecule has 5 heteroatoms. The summed E-state index contributed by atoms with van der Waals surface area (Å²) in [6, 6.07) is 21.8. The molecule has 4 aliphatic rings. The van der Waals surface area contributed by atoms with E-state index in [1.165, 1.54) is 29.3 Å². The van der Waals surface area contributed by atoms with Gasteiger partial charge in [-0.3, -0.25) is 19.3 Å². The molecule has 1 heterocycles. The van der Waals surface area contributed by atoms with Gasteiger partial charge in [0.05, 0.1) is 17.0 Å². The molecule has 0 saturated carbocycles. The Bertz CT molecular complexity index is 1250. The van der Waals surface area contributed by atoms with E-state index in [9.17, 15) is 14.4 Å². The van der Waals surface area contributed by atoms with Crippen molar-refractivity contribution >= 4 is 23.4 Å². The topological polar surface area (TPSA) is 66.5 Å². The maximum Gasteiger partial charge on any atom is 0.261 e. The summed E-state index contributed by atoms with van der Waals surface area (Å²) < 4.78 is 0. The van der Waals surface area contributed by atoms with E-state index in [1.54, 1.807) is 18.2 Å². The Hall–Kier alpha value is -3.73. The number of nitrogens with zero attached hydrogens (tertiary/aromatic N) is 1. The second-order valence-electron chi connectivity index (χ2n) is 8.55. The minimum atomic E-state index is -0.337. The number of hydrogen-bond acceptors (Lipinski definition) is 3. The Morgan fingerprint density at radius 1 is 0.839 bits per heavy atom. The standard InChI is InChI=1S/C26H20N2O3/c1-28-25(30)19-11-10-14(12-21(19)26(28)31)27-24(29)22-13-20-15-6-2-4-8-17(15)23(22)18-9-5-3-7-16(18)20/h2-12,20,22-23H,13H2,1H3,(H,27,29). The Balaban J connectivity index is 1.35. The van der Waals surface area contributed by atoms with E-state index in [-0.39, 0.29) is 35.5 Å². The van der Waals surface area contributed by atoms with Crippen molar-refractivity contribution in [3.05, 3.63) is 100 Å². The normalized spacial score (nSPS) is 22.7. The molecule has 1 atom stereocenters. The van der Waals surface area contributed by atoms with Crippen LogP contribution in [0.2, 0.25) is 0 Å². The predicted octanol–water partition coefficient (Wildman–Crippen LogP) is 4.15. The van der Waals surface area contributed by atoms with E-state index in [2.05, 4.69) is 41.7 Å². The summed E-state index contributed by atoms with van der Waals surface area (Å²) in [6.07, 6.45) is 0.760. The molecule has 3 aromatic carbocycles. The molecule has 3 aliphatic carbocycles. The number of nitrogens with one attached hydrogen (secondary N) is 1. The van der Waals surface area contributed by atoms with E-state index in [1.807, 2.05) is 12.1 Å². The van der Waals surface area contributed by atoms with E-state index in [0.717, 1.165) is 11.3 Å². The van der Waals surface area contributed by atoms with Gasteiger partial charge in [0, 0.05) is 24.6 Å². The summed E-state index contributed by atoms with van der Waals surface area (Å²) >= 11 is 0. The Morgan fingerprint density at radius 2 is 1.42 bits per heavy atom.